The smallest absolute Gasteiger partial charge is 0.323 e. The van der Waals surface area contributed by atoms with Crippen LogP contribution in [0.1, 0.15) is 54.9 Å². The van der Waals surface area contributed by atoms with Crippen molar-refractivity contribution in [3.05, 3.63) is 0 Å². The summed E-state index contributed by atoms with van der Waals surface area (Å²) in [5.41, 5.74) is -2.37. The van der Waals surface area contributed by atoms with Crippen LogP contribution in [0.2, 0.25) is 0 Å². The van der Waals surface area contributed by atoms with Crippen LogP contribution in [-0.4, -0.2) is 36.4 Å². The Labute approximate surface area is 127 Å². The molecule has 0 N–H and O–H groups in total. The Kier molecular flexibility index (Phi) is 5.09. The van der Waals surface area contributed by atoms with Gasteiger partial charge in [-0.25, -0.2) is 0 Å². The molecule has 0 bridgehead atoms. The Balaban J connectivity index is 3.24. The van der Waals surface area contributed by atoms with Gasteiger partial charge in [0.05, 0.1) is 24.4 Å². The number of ether oxygens (including phenoxy) is 3. The number of rotatable bonds is 5. The van der Waals surface area contributed by atoms with Gasteiger partial charge in [0.1, 0.15) is 0 Å². The molecule has 1 aliphatic rings. The van der Waals surface area contributed by atoms with Crippen LogP contribution in [-0.2, 0) is 23.8 Å². The third-order valence-electron chi connectivity index (χ3n) is 4.17. The van der Waals surface area contributed by atoms with Crippen molar-refractivity contribution >= 4 is 11.9 Å². The fraction of sp³-hybridized carbons (Fsp3) is 0.875. The van der Waals surface area contributed by atoms with Crippen LogP contribution in [0.3, 0.4) is 0 Å². The minimum atomic E-state index is -1.36. The summed E-state index contributed by atoms with van der Waals surface area (Å²) >= 11 is 0. The second kappa shape index (κ2) is 5.95. The molecule has 0 saturated carbocycles. The summed E-state index contributed by atoms with van der Waals surface area (Å²) in [4.78, 5) is 25.0. The molecular formula is C16H28O5. The van der Waals surface area contributed by atoms with Crippen molar-refractivity contribution in [1.82, 2.24) is 0 Å². The number of carbonyl (C=O) groups is 2. The van der Waals surface area contributed by atoms with Gasteiger partial charge in [0.25, 0.3) is 0 Å². The third kappa shape index (κ3) is 3.39. The van der Waals surface area contributed by atoms with Crippen molar-refractivity contribution in [2.24, 2.45) is 11.3 Å². The van der Waals surface area contributed by atoms with Crippen LogP contribution in [0.25, 0.3) is 0 Å². The zero-order chi connectivity index (χ0) is 16.5. The Morgan fingerprint density at radius 3 is 1.81 bits per heavy atom. The molecule has 1 unspecified atom stereocenters. The van der Waals surface area contributed by atoms with Crippen LogP contribution in [0, 0.1) is 11.3 Å². The zero-order valence-corrected chi connectivity index (χ0v) is 14.2. The van der Waals surface area contributed by atoms with E-state index in [2.05, 4.69) is 0 Å². The van der Waals surface area contributed by atoms with Crippen LogP contribution in [0.5, 0.6) is 0 Å². The van der Waals surface area contributed by atoms with E-state index in [0.717, 1.165) is 0 Å². The number of hydrogen-bond acceptors (Lipinski definition) is 5. The summed E-state index contributed by atoms with van der Waals surface area (Å²) in [6.45, 7) is 13.3. The maximum atomic E-state index is 12.5. The lowest BCUT2D eigenvalue weighted by atomic mass is 9.67. The molecule has 122 valence electrons. The van der Waals surface area contributed by atoms with Gasteiger partial charge in [-0.15, -0.1) is 0 Å². The maximum absolute atomic E-state index is 12.5. The second-order valence-electron chi connectivity index (χ2n) is 6.87. The molecule has 0 radical (unpaired) electrons. The highest BCUT2D eigenvalue weighted by molar-refractivity contribution is 6.00. The van der Waals surface area contributed by atoms with E-state index in [1.54, 1.807) is 20.8 Å². The van der Waals surface area contributed by atoms with E-state index in [1.165, 1.54) is 0 Å². The Morgan fingerprint density at radius 1 is 1.10 bits per heavy atom. The van der Waals surface area contributed by atoms with Gasteiger partial charge < -0.3 is 14.2 Å². The molecule has 0 aromatic rings. The minimum Gasteiger partial charge on any atom is -0.465 e. The fourth-order valence-corrected chi connectivity index (χ4v) is 3.39. The Morgan fingerprint density at radius 2 is 1.52 bits per heavy atom. The van der Waals surface area contributed by atoms with Crippen molar-refractivity contribution < 1.29 is 23.8 Å². The van der Waals surface area contributed by atoms with Gasteiger partial charge >= 0.3 is 11.9 Å². The summed E-state index contributed by atoms with van der Waals surface area (Å²) < 4.78 is 16.3. The maximum Gasteiger partial charge on any atom is 0.323 e. The number of carbonyl (C=O) groups excluding carboxylic acids is 2. The summed E-state index contributed by atoms with van der Waals surface area (Å²) in [6.07, 6.45) is 0.591. The van der Waals surface area contributed by atoms with Crippen LogP contribution < -0.4 is 0 Å². The van der Waals surface area contributed by atoms with Gasteiger partial charge in [-0.2, -0.15) is 0 Å². The highest BCUT2D eigenvalue weighted by Crippen LogP contribution is 2.51. The average molecular weight is 300 g/mol. The summed E-state index contributed by atoms with van der Waals surface area (Å²) in [6, 6.07) is 0. The first-order chi connectivity index (χ1) is 9.51. The molecule has 0 spiro atoms. The molecule has 0 amide bonds. The molecule has 21 heavy (non-hydrogen) atoms. The lowest BCUT2D eigenvalue weighted by Crippen LogP contribution is -2.51. The predicted octanol–water partition coefficient (Wildman–Crippen LogP) is 2.71. The molecule has 5 nitrogen and oxygen atoms in total. The largest absolute Gasteiger partial charge is 0.465 e. The first-order valence-corrected chi connectivity index (χ1v) is 7.56. The van der Waals surface area contributed by atoms with E-state index >= 15 is 0 Å². The quantitative estimate of drug-likeness (QED) is 0.577. The van der Waals surface area contributed by atoms with Crippen molar-refractivity contribution in [1.29, 1.82) is 0 Å². The Bertz CT molecular complexity index is 393. The van der Waals surface area contributed by atoms with Crippen LogP contribution in [0.15, 0.2) is 0 Å². The van der Waals surface area contributed by atoms with E-state index in [9.17, 15) is 9.59 Å². The predicted molar refractivity (Wildman–Crippen MR) is 78.7 cm³/mol. The molecule has 1 saturated heterocycles. The second-order valence-corrected chi connectivity index (χ2v) is 6.87. The van der Waals surface area contributed by atoms with Gasteiger partial charge in [0.2, 0.25) is 0 Å². The van der Waals surface area contributed by atoms with Crippen molar-refractivity contribution in [2.75, 3.05) is 13.2 Å². The Hall–Kier alpha value is -1.10. The summed E-state index contributed by atoms with van der Waals surface area (Å²) in [7, 11) is 0. The van der Waals surface area contributed by atoms with Crippen molar-refractivity contribution in [2.45, 2.75) is 66.1 Å². The average Bonchev–Trinajstić information content (AvgIpc) is 2.57. The molecule has 1 atom stereocenters. The molecule has 0 aromatic heterocycles. The molecule has 0 aliphatic carbocycles. The SMILES string of the molecule is CCOC(=O)C(C)(C(=O)OCC)C1CC(C)(C)OC1(C)C. The van der Waals surface area contributed by atoms with E-state index in [0.29, 0.717) is 6.42 Å². The number of hydrogen-bond donors (Lipinski definition) is 0. The van der Waals surface area contributed by atoms with Gasteiger partial charge in [-0.05, 0) is 54.9 Å². The first kappa shape index (κ1) is 18.0. The first-order valence-electron chi connectivity index (χ1n) is 7.56. The minimum absolute atomic E-state index is 0.227. The lowest BCUT2D eigenvalue weighted by molar-refractivity contribution is -0.180. The van der Waals surface area contributed by atoms with Gasteiger partial charge in [0.15, 0.2) is 5.41 Å². The molecule has 1 rings (SSSR count). The van der Waals surface area contributed by atoms with Gasteiger partial charge in [-0.3, -0.25) is 9.59 Å². The molecule has 1 heterocycles. The monoisotopic (exact) mass is 300 g/mol. The zero-order valence-electron chi connectivity index (χ0n) is 14.2. The topological polar surface area (TPSA) is 61.8 Å². The highest BCUT2D eigenvalue weighted by Gasteiger charge is 2.61. The van der Waals surface area contributed by atoms with Crippen molar-refractivity contribution in [3.63, 3.8) is 0 Å². The molecule has 1 aliphatic heterocycles. The van der Waals surface area contributed by atoms with E-state index in [4.69, 9.17) is 14.2 Å². The molecule has 5 heteroatoms. The van der Waals surface area contributed by atoms with Gasteiger partial charge in [0, 0.05) is 5.92 Å². The summed E-state index contributed by atoms with van der Waals surface area (Å²) in [5.74, 6) is -1.39. The molecule has 0 aromatic carbocycles. The highest BCUT2D eigenvalue weighted by atomic mass is 16.6. The van der Waals surface area contributed by atoms with E-state index < -0.39 is 28.6 Å². The van der Waals surface area contributed by atoms with Crippen molar-refractivity contribution in [3.8, 4) is 0 Å². The standard InChI is InChI=1S/C16H28O5/c1-8-19-12(17)16(7,13(18)20-9-2)11-10-14(3,4)21-15(11,5)6/h11H,8-10H2,1-7H3. The van der Waals surface area contributed by atoms with E-state index in [1.807, 2.05) is 27.7 Å². The fourth-order valence-electron chi connectivity index (χ4n) is 3.39. The normalized spacial score (nSPS) is 23.7. The van der Waals surface area contributed by atoms with Gasteiger partial charge in [-0.1, -0.05) is 0 Å². The molecular weight excluding hydrogens is 272 g/mol. The lowest BCUT2D eigenvalue weighted by Gasteiger charge is -2.37. The third-order valence-corrected chi connectivity index (χ3v) is 4.17. The van der Waals surface area contributed by atoms with E-state index in [-0.39, 0.29) is 19.1 Å². The number of esters is 2. The van der Waals surface area contributed by atoms with Crippen LogP contribution >= 0.6 is 0 Å². The van der Waals surface area contributed by atoms with Crippen LogP contribution in [0.4, 0.5) is 0 Å². The molecule has 1 fully saturated rings. The summed E-state index contributed by atoms with van der Waals surface area (Å²) in [5, 5.41) is 0.